The van der Waals surface area contributed by atoms with Crippen LogP contribution in [0.25, 0.3) is 11.3 Å². The smallest absolute Gasteiger partial charge is 0.226 e. The Hall–Kier alpha value is -2.10. The molecule has 106 valence electrons. The van der Waals surface area contributed by atoms with E-state index in [0.717, 1.165) is 12.0 Å². The third-order valence-corrected chi connectivity index (χ3v) is 3.26. The van der Waals surface area contributed by atoms with Crippen molar-refractivity contribution in [2.24, 2.45) is 0 Å². The normalized spacial score (nSPS) is 12.2. The molecule has 4 heteroatoms. The number of nitrogens with one attached hydrogen (secondary N) is 1. The second-order valence-corrected chi connectivity index (χ2v) is 5.10. The number of hydrogen-bond donors (Lipinski definition) is 1. The monoisotopic (exact) mass is 272 g/mol. The van der Waals surface area contributed by atoms with E-state index in [1.54, 1.807) is 0 Å². The molecule has 20 heavy (non-hydrogen) atoms. The van der Waals surface area contributed by atoms with Gasteiger partial charge in [0.25, 0.3) is 0 Å². The van der Waals surface area contributed by atoms with Crippen LogP contribution in [0.15, 0.2) is 34.9 Å². The molecule has 1 aromatic heterocycles. The van der Waals surface area contributed by atoms with Crippen molar-refractivity contribution in [1.29, 1.82) is 0 Å². The first-order valence-corrected chi connectivity index (χ1v) is 6.90. The van der Waals surface area contributed by atoms with Gasteiger partial charge in [0.05, 0.1) is 12.1 Å². The fraction of sp³-hybridized carbons (Fsp3) is 0.375. The zero-order valence-corrected chi connectivity index (χ0v) is 12.1. The van der Waals surface area contributed by atoms with Gasteiger partial charge in [0.15, 0.2) is 5.76 Å². The molecule has 2 aromatic rings. The molecule has 4 nitrogen and oxygen atoms in total. The average Bonchev–Trinajstić information content (AvgIpc) is 2.87. The summed E-state index contributed by atoms with van der Waals surface area (Å²) >= 11 is 0. The lowest BCUT2D eigenvalue weighted by atomic mass is 10.1. The van der Waals surface area contributed by atoms with Gasteiger partial charge in [0.1, 0.15) is 0 Å². The Morgan fingerprint density at radius 1 is 1.35 bits per heavy atom. The number of carbonyl (C=O) groups is 1. The van der Waals surface area contributed by atoms with E-state index in [1.807, 2.05) is 51.1 Å². The molecule has 0 radical (unpaired) electrons. The Morgan fingerprint density at radius 2 is 2.05 bits per heavy atom. The van der Waals surface area contributed by atoms with E-state index in [0.29, 0.717) is 11.5 Å². The minimum atomic E-state index is -0.0249. The van der Waals surface area contributed by atoms with E-state index in [4.69, 9.17) is 4.52 Å². The molecule has 0 bridgehead atoms. The van der Waals surface area contributed by atoms with Gasteiger partial charge in [0, 0.05) is 17.7 Å². The summed E-state index contributed by atoms with van der Waals surface area (Å²) in [6, 6.07) is 10.0. The molecule has 1 N–H and O–H groups in total. The third-order valence-electron chi connectivity index (χ3n) is 3.26. The maximum atomic E-state index is 11.8. The van der Waals surface area contributed by atoms with Crippen LogP contribution < -0.4 is 5.32 Å². The lowest BCUT2D eigenvalue weighted by molar-refractivity contribution is -0.121. The highest BCUT2D eigenvalue weighted by Gasteiger charge is 2.11. The molecule has 1 aromatic carbocycles. The van der Waals surface area contributed by atoms with Crippen molar-refractivity contribution in [2.45, 2.75) is 39.7 Å². The summed E-state index contributed by atoms with van der Waals surface area (Å²) < 4.78 is 5.29. The molecule has 0 aliphatic carbocycles. The molecule has 2 rings (SSSR count). The van der Waals surface area contributed by atoms with Gasteiger partial charge in [-0.3, -0.25) is 4.79 Å². The van der Waals surface area contributed by atoms with Crippen molar-refractivity contribution in [3.8, 4) is 11.3 Å². The van der Waals surface area contributed by atoms with Crippen molar-refractivity contribution in [3.05, 3.63) is 41.6 Å². The topological polar surface area (TPSA) is 55.1 Å². The SMILES string of the molecule is CCC(C)NC(=O)Cc1cc(-c2ccc(C)cc2)on1. The Bertz CT molecular complexity index is 572. The van der Waals surface area contributed by atoms with Crippen molar-refractivity contribution in [3.63, 3.8) is 0 Å². The number of aryl methyl sites for hydroxylation is 1. The molecular weight excluding hydrogens is 252 g/mol. The van der Waals surface area contributed by atoms with E-state index in [9.17, 15) is 4.79 Å². The Labute approximate surface area is 119 Å². The summed E-state index contributed by atoms with van der Waals surface area (Å²) in [7, 11) is 0. The van der Waals surface area contributed by atoms with Crippen LogP contribution in [0.3, 0.4) is 0 Å². The van der Waals surface area contributed by atoms with Gasteiger partial charge in [0.2, 0.25) is 5.91 Å². The molecule has 1 atom stereocenters. The predicted molar refractivity (Wildman–Crippen MR) is 78.3 cm³/mol. The van der Waals surface area contributed by atoms with Crippen LogP contribution in [0.1, 0.15) is 31.5 Å². The molecule has 0 spiro atoms. The van der Waals surface area contributed by atoms with Crippen LogP contribution in [0, 0.1) is 6.92 Å². The third kappa shape index (κ3) is 3.70. The van der Waals surface area contributed by atoms with E-state index >= 15 is 0 Å². The lowest BCUT2D eigenvalue weighted by Gasteiger charge is -2.09. The second-order valence-electron chi connectivity index (χ2n) is 5.10. The summed E-state index contributed by atoms with van der Waals surface area (Å²) in [5, 5.41) is 6.87. The summed E-state index contributed by atoms with van der Waals surface area (Å²) in [5.41, 5.74) is 2.82. The molecule has 0 aliphatic heterocycles. The number of amides is 1. The average molecular weight is 272 g/mol. The highest BCUT2D eigenvalue weighted by molar-refractivity contribution is 5.78. The van der Waals surface area contributed by atoms with E-state index in [-0.39, 0.29) is 18.4 Å². The van der Waals surface area contributed by atoms with Crippen LogP contribution in [-0.4, -0.2) is 17.1 Å². The summed E-state index contributed by atoms with van der Waals surface area (Å²) in [6.45, 7) is 6.06. The van der Waals surface area contributed by atoms with Crippen LogP contribution in [0.5, 0.6) is 0 Å². The van der Waals surface area contributed by atoms with Crippen molar-refractivity contribution in [1.82, 2.24) is 10.5 Å². The molecule has 1 unspecified atom stereocenters. The van der Waals surface area contributed by atoms with Gasteiger partial charge < -0.3 is 9.84 Å². The van der Waals surface area contributed by atoms with Crippen molar-refractivity contribution >= 4 is 5.91 Å². The molecular formula is C16H20N2O2. The number of benzene rings is 1. The standard InChI is InChI=1S/C16H20N2O2/c1-4-12(3)17-16(19)10-14-9-15(20-18-14)13-7-5-11(2)6-8-13/h5-9,12H,4,10H2,1-3H3,(H,17,19). The van der Waals surface area contributed by atoms with Gasteiger partial charge in [-0.25, -0.2) is 0 Å². The highest BCUT2D eigenvalue weighted by Crippen LogP contribution is 2.20. The summed E-state index contributed by atoms with van der Waals surface area (Å²) in [4.78, 5) is 11.8. The number of aromatic nitrogens is 1. The predicted octanol–water partition coefficient (Wildman–Crippen LogP) is 3.11. The quantitative estimate of drug-likeness (QED) is 0.910. The largest absolute Gasteiger partial charge is 0.356 e. The van der Waals surface area contributed by atoms with Crippen LogP contribution in [0.2, 0.25) is 0 Å². The molecule has 0 saturated carbocycles. The van der Waals surface area contributed by atoms with Crippen molar-refractivity contribution in [2.75, 3.05) is 0 Å². The minimum absolute atomic E-state index is 0.0249. The van der Waals surface area contributed by atoms with Crippen LogP contribution in [-0.2, 0) is 11.2 Å². The van der Waals surface area contributed by atoms with E-state index in [2.05, 4.69) is 10.5 Å². The summed E-state index contributed by atoms with van der Waals surface area (Å²) in [6.07, 6.45) is 1.17. The second kappa shape index (κ2) is 6.37. The van der Waals surface area contributed by atoms with Crippen LogP contribution in [0.4, 0.5) is 0 Å². The lowest BCUT2D eigenvalue weighted by Crippen LogP contribution is -2.33. The fourth-order valence-corrected chi connectivity index (χ4v) is 1.84. The Morgan fingerprint density at radius 3 is 2.70 bits per heavy atom. The number of hydrogen-bond acceptors (Lipinski definition) is 3. The first kappa shape index (κ1) is 14.3. The van der Waals surface area contributed by atoms with Crippen molar-refractivity contribution < 1.29 is 9.32 Å². The number of carbonyl (C=O) groups excluding carboxylic acids is 1. The maximum Gasteiger partial charge on any atom is 0.226 e. The first-order valence-electron chi connectivity index (χ1n) is 6.90. The zero-order chi connectivity index (χ0) is 14.5. The Kier molecular flexibility index (Phi) is 4.56. The molecule has 0 saturated heterocycles. The summed E-state index contributed by atoms with van der Waals surface area (Å²) in [5.74, 6) is 0.666. The van der Waals surface area contributed by atoms with Crippen LogP contribution >= 0.6 is 0 Å². The minimum Gasteiger partial charge on any atom is -0.356 e. The fourth-order valence-electron chi connectivity index (χ4n) is 1.84. The maximum absolute atomic E-state index is 11.8. The van der Waals surface area contributed by atoms with E-state index in [1.165, 1.54) is 5.56 Å². The van der Waals surface area contributed by atoms with Gasteiger partial charge in [-0.15, -0.1) is 0 Å². The van der Waals surface area contributed by atoms with Gasteiger partial charge in [-0.1, -0.05) is 41.9 Å². The molecule has 1 heterocycles. The van der Waals surface area contributed by atoms with Gasteiger partial charge in [-0.05, 0) is 20.3 Å². The number of nitrogens with zero attached hydrogens (tertiary/aromatic N) is 1. The first-order chi connectivity index (χ1) is 9.58. The highest BCUT2D eigenvalue weighted by atomic mass is 16.5. The molecule has 0 aliphatic rings. The molecule has 0 fully saturated rings. The molecule has 1 amide bonds. The zero-order valence-electron chi connectivity index (χ0n) is 12.1. The van der Waals surface area contributed by atoms with E-state index < -0.39 is 0 Å². The van der Waals surface area contributed by atoms with Gasteiger partial charge >= 0.3 is 0 Å². The van der Waals surface area contributed by atoms with Gasteiger partial charge in [-0.2, -0.15) is 0 Å². The number of rotatable bonds is 5. The Balaban J connectivity index is 2.02.